The highest BCUT2D eigenvalue weighted by Crippen LogP contribution is 2.45. The second-order valence-electron chi connectivity index (χ2n) is 6.49. The number of ether oxygens (including phenoxy) is 1. The minimum Gasteiger partial charge on any atom is -0.481 e. The number of allylic oxidation sites excluding steroid dienone is 2. The molecule has 1 heterocycles. The Balaban J connectivity index is 1.84. The highest BCUT2D eigenvalue weighted by atomic mass is 32.1. The van der Waals surface area contributed by atoms with Crippen molar-refractivity contribution in [2.75, 3.05) is 11.9 Å². The number of amides is 1. The molecule has 4 rings (SSSR count). The van der Waals surface area contributed by atoms with Crippen molar-refractivity contribution in [2.24, 2.45) is 23.7 Å². The molecule has 1 fully saturated rings. The molecule has 2 N–H and O–H groups in total. The van der Waals surface area contributed by atoms with Crippen LogP contribution in [0.5, 0.6) is 0 Å². The normalized spacial score (nSPS) is 27.1. The second kappa shape index (κ2) is 7.00. The van der Waals surface area contributed by atoms with Crippen LogP contribution in [0.1, 0.15) is 35.0 Å². The van der Waals surface area contributed by atoms with E-state index in [9.17, 15) is 19.5 Å². The number of hydrogen-bond acceptors (Lipinski definition) is 5. The van der Waals surface area contributed by atoms with E-state index in [1.165, 1.54) is 11.3 Å². The minimum absolute atomic E-state index is 0.0711. The van der Waals surface area contributed by atoms with E-state index < -0.39 is 23.8 Å². The Bertz CT molecular complexity index is 738. The number of carbonyl (C=O) groups excluding carboxylic acids is 2. The van der Waals surface area contributed by atoms with Crippen molar-refractivity contribution in [1.29, 1.82) is 0 Å². The molecule has 0 radical (unpaired) electrons. The lowest BCUT2D eigenvalue weighted by Gasteiger charge is -2.41. The summed E-state index contributed by atoms with van der Waals surface area (Å²) in [6.07, 6.45) is 5.51. The summed E-state index contributed by atoms with van der Waals surface area (Å²) in [5, 5.41) is 12.8. The molecule has 3 aliphatic rings. The maximum atomic E-state index is 12.9. The van der Waals surface area contributed by atoms with Crippen molar-refractivity contribution in [3.05, 3.63) is 28.7 Å². The summed E-state index contributed by atoms with van der Waals surface area (Å²) in [7, 11) is 0. The molecule has 0 aromatic carbocycles. The summed E-state index contributed by atoms with van der Waals surface area (Å²) in [5.74, 6) is -3.26. The van der Waals surface area contributed by atoms with Crippen LogP contribution in [0.25, 0.3) is 0 Å². The number of carboxylic acid groups (broad SMARTS) is 1. The number of aryl methyl sites for hydroxylation is 1. The zero-order chi connectivity index (χ0) is 18.1. The van der Waals surface area contributed by atoms with Crippen LogP contribution in [0.2, 0.25) is 0 Å². The maximum Gasteiger partial charge on any atom is 0.341 e. The van der Waals surface area contributed by atoms with Crippen LogP contribution in [0.4, 0.5) is 5.00 Å². The van der Waals surface area contributed by atoms with E-state index in [2.05, 4.69) is 5.32 Å². The number of nitrogens with one attached hydrogen (secondary N) is 1. The van der Waals surface area contributed by atoms with Gasteiger partial charge in [0.25, 0.3) is 0 Å². The van der Waals surface area contributed by atoms with Gasteiger partial charge in [0.15, 0.2) is 0 Å². The molecule has 1 aromatic heterocycles. The number of rotatable bonds is 5. The molecule has 1 saturated carbocycles. The first-order valence-electron chi connectivity index (χ1n) is 8.42. The monoisotopic (exact) mass is 363 g/mol. The van der Waals surface area contributed by atoms with Gasteiger partial charge in [-0.15, -0.1) is 11.3 Å². The van der Waals surface area contributed by atoms with Crippen LogP contribution in [-0.4, -0.2) is 29.6 Å². The molecular weight excluding hydrogens is 342 g/mol. The summed E-state index contributed by atoms with van der Waals surface area (Å²) in [6, 6.07) is 1.68. The minimum atomic E-state index is -0.938. The zero-order valence-corrected chi connectivity index (χ0v) is 15.0. The third-order valence-corrected chi connectivity index (χ3v) is 5.89. The molecule has 0 saturated heterocycles. The Morgan fingerprint density at radius 3 is 2.44 bits per heavy atom. The molecule has 0 aliphatic heterocycles. The van der Waals surface area contributed by atoms with Crippen LogP contribution in [0.15, 0.2) is 18.2 Å². The van der Waals surface area contributed by atoms with Gasteiger partial charge in [-0.2, -0.15) is 0 Å². The van der Waals surface area contributed by atoms with Crippen LogP contribution >= 0.6 is 11.3 Å². The molecule has 25 heavy (non-hydrogen) atoms. The van der Waals surface area contributed by atoms with E-state index >= 15 is 0 Å². The number of fused-ring (bicyclic) bond motifs is 2. The number of carbonyl (C=O) groups is 3. The standard InChI is InChI=1S/C18H21NO5S/c1-3-24-18(23)12-8-9(2)25-16(12)19-15(20)13-10-4-6-11(7-5-10)14(13)17(21)22/h4,6,8,10-11,13-14H,3,5,7H2,1-2H3,(H,19,20)(H,21,22)/t10-,11-,13-,14+/m0/s1. The second-order valence-corrected chi connectivity index (χ2v) is 7.75. The lowest BCUT2D eigenvalue weighted by molar-refractivity contribution is -0.151. The average Bonchev–Trinajstić information content (AvgIpc) is 2.95. The van der Waals surface area contributed by atoms with E-state index in [1.54, 1.807) is 13.0 Å². The van der Waals surface area contributed by atoms with E-state index in [0.717, 1.165) is 17.7 Å². The summed E-state index contributed by atoms with van der Waals surface area (Å²) in [4.78, 5) is 37.5. The average molecular weight is 363 g/mol. The van der Waals surface area contributed by atoms with Crippen molar-refractivity contribution in [1.82, 2.24) is 0 Å². The Kier molecular flexibility index (Phi) is 4.94. The fourth-order valence-corrected chi connectivity index (χ4v) is 4.75. The highest BCUT2D eigenvalue weighted by Gasteiger charge is 2.48. The Hall–Kier alpha value is -2.15. The predicted octanol–water partition coefficient (Wildman–Crippen LogP) is 3.08. The molecule has 1 aromatic rings. The first-order valence-corrected chi connectivity index (χ1v) is 9.23. The van der Waals surface area contributed by atoms with Crippen LogP contribution < -0.4 is 5.32 Å². The molecule has 0 spiro atoms. The van der Waals surface area contributed by atoms with E-state index in [4.69, 9.17) is 4.74 Å². The Labute approximate surface area is 149 Å². The molecule has 134 valence electrons. The van der Waals surface area contributed by atoms with Gasteiger partial charge in [0, 0.05) is 4.88 Å². The van der Waals surface area contributed by atoms with E-state index in [0.29, 0.717) is 10.6 Å². The van der Waals surface area contributed by atoms with Gasteiger partial charge >= 0.3 is 11.9 Å². The summed E-state index contributed by atoms with van der Waals surface area (Å²) in [5.41, 5.74) is 0.320. The lowest BCUT2D eigenvalue weighted by Crippen LogP contribution is -2.47. The predicted molar refractivity (Wildman–Crippen MR) is 93.6 cm³/mol. The van der Waals surface area contributed by atoms with Crippen molar-refractivity contribution < 1.29 is 24.2 Å². The highest BCUT2D eigenvalue weighted by molar-refractivity contribution is 7.16. The van der Waals surface area contributed by atoms with Gasteiger partial charge in [-0.25, -0.2) is 4.79 Å². The Morgan fingerprint density at radius 1 is 1.24 bits per heavy atom. The molecule has 2 bridgehead atoms. The molecule has 1 amide bonds. The van der Waals surface area contributed by atoms with Gasteiger partial charge in [-0.05, 0) is 44.6 Å². The summed E-state index contributed by atoms with van der Waals surface area (Å²) >= 11 is 1.29. The van der Waals surface area contributed by atoms with Gasteiger partial charge in [0.2, 0.25) is 5.91 Å². The Morgan fingerprint density at radius 2 is 1.88 bits per heavy atom. The molecule has 3 aliphatic carbocycles. The van der Waals surface area contributed by atoms with Gasteiger partial charge < -0.3 is 15.2 Å². The van der Waals surface area contributed by atoms with Crippen LogP contribution in [-0.2, 0) is 14.3 Å². The van der Waals surface area contributed by atoms with Crippen molar-refractivity contribution in [3.8, 4) is 0 Å². The molecule has 7 heteroatoms. The number of anilines is 1. The number of aliphatic carboxylic acids is 1. The number of hydrogen-bond donors (Lipinski definition) is 2. The number of carboxylic acids is 1. The molecule has 6 nitrogen and oxygen atoms in total. The van der Waals surface area contributed by atoms with Gasteiger partial charge in [-0.1, -0.05) is 12.2 Å². The van der Waals surface area contributed by atoms with E-state index in [-0.39, 0.29) is 24.3 Å². The van der Waals surface area contributed by atoms with Crippen molar-refractivity contribution in [3.63, 3.8) is 0 Å². The topological polar surface area (TPSA) is 92.7 Å². The van der Waals surface area contributed by atoms with Gasteiger partial charge in [-0.3, -0.25) is 9.59 Å². The number of esters is 1. The maximum absolute atomic E-state index is 12.9. The van der Waals surface area contributed by atoms with E-state index in [1.807, 2.05) is 19.1 Å². The van der Waals surface area contributed by atoms with Gasteiger partial charge in [0.05, 0.1) is 24.0 Å². The zero-order valence-electron chi connectivity index (χ0n) is 14.2. The van der Waals surface area contributed by atoms with Crippen molar-refractivity contribution in [2.45, 2.75) is 26.7 Å². The third kappa shape index (κ3) is 3.33. The molecule has 4 atom stereocenters. The molecular formula is C18H21NO5S. The number of thiophene rings is 1. The third-order valence-electron chi connectivity index (χ3n) is 4.92. The van der Waals surface area contributed by atoms with Crippen LogP contribution in [0.3, 0.4) is 0 Å². The van der Waals surface area contributed by atoms with Gasteiger partial charge in [0.1, 0.15) is 5.00 Å². The first-order chi connectivity index (χ1) is 11.9. The van der Waals surface area contributed by atoms with Crippen molar-refractivity contribution >= 4 is 34.2 Å². The first kappa shape index (κ1) is 17.7. The fraction of sp³-hybridized carbons (Fsp3) is 0.500. The quantitative estimate of drug-likeness (QED) is 0.619. The summed E-state index contributed by atoms with van der Waals surface area (Å²) < 4.78 is 5.03. The lowest BCUT2D eigenvalue weighted by atomic mass is 9.62. The summed E-state index contributed by atoms with van der Waals surface area (Å²) in [6.45, 7) is 3.81. The molecule has 0 unspecified atom stereocenters. The SMILES string of the molecule is CCOC(=O)c1cc(C)sc1NC(=O)[C@@H]1[C@H](C(=O)O)[C@H]2C=C[C@H]1CC2. The largest absolute Gasteiger partial charge is 0.481 e. The smallest absolute Gasteiger partial charge is 0.341 e. The van der Waals surface area contributed by atoms with Crippen LogP contribution in [0, 0.1) is 30.6 Å². The fourth-order valence-electron chi connectivity index (χ4n) is 3.85.